The van der Waals surface area contributed by atoms with Gasteiger partial charge < -0.3 is 16.0 Å². The molecule has 0 radical (unpaired) electrons. The van der Waals surface area contributed by atoms with Crippen molar-refractivity contribution >= 4 is 34.8 Å². The van der Waals surface area contributed by atoms with Crippen LogP contribution in [0.4, 0.5) is 11.4 Å². The number of hydrogen-bond donors (Lipinski definition) is 3. The molecule has 3 N–H and O–H groups in total. The Kier molecular flexibility index (Phi) is 4.01. The van der Waals surface area contributed by atoms with Crippen molar-refractivity contribution in [2.24, 2.45) is 0 Å². The molecule has 1 heterocycles. The number of likely N-dealkylation sites (N-methyl/N-ethyl adjacent to an activating group) is 1. The lowest BCUT2D eigenvalue weighted by molar-refractivity contribution is -0.121. The lowest BCUT2D eigenvalue weighted by Gasteiger charge is -2.24. The molecule has 1 aliphatic rings. The van der Waals surface area contributed by atoms with E-state index in [2.05, 4.69) is 16.0 Å². The van der Waals surface area contributed by atoms with E-state index in [1.165, 1.54) is 0 Å². The zero-order valence-electron chi connectivity index (χ0n) is 11.8. The number of benzene rings is 1. The molecule has 6 heteroatoms. The molecule has 108 valence electrons. The Bertz CT molecular complexity index is 570. The lowest BCUT2D eigenvalue weighted by Crippen LogP contribution is -2.49. The maximum Gasteiger partial charge on any atom is 0.244 e. The van der Waals surface area contributed by atoms with Gasteiger partial charge in [0, 0.05) is 5.69 Å². The van der Waals surface area contributed by atoms with Gasteiger partial charge in [-0.3, -0.25) is 9.59 Å². The summed E-state index contributed by atoms with van der Waals surface area (Å²) in [5, 5.41) is 9.04. The van der Waals surface area contributed by atoms with E-state index in [1.54, 1.807) is 26.0 Å². The highest BCUT2D eigenvalue weighted by molar-refractivity contribution is 6.34. The van der Waals surface area contributed by atoms with Crippen LogP contribution in [0.1, 0.15) is 26.3 Å². The first-order valence-corrected chi connectivity index (χ1v) is 6.90. The molecule has 0 atom stereocenters. The maximum atomic E-state index is 12.2. The number of anilines is 2. The topological polar surface area (TPSA) is 70.2 Å². The van der Waals surface area contributed by atoms with E-state index in [0.717, 1.165) is 5.56 Å². The van der Waals surface area contributed by atoms with Crippen molar-refractivity contribution in [1.29, 1.82) is 0 Å². The zero-order valence-corrected chi connectivity index (χ0v) is 12.5. The van der Waals surface area contributed by atoms with Crippen LogP contribution in [0.15, 0.2) is 12.1 Å². The van der Waals surface area contributed by atoms with Crippen molar-refractivity contribution in [2.75, 3.05) is 17.2 Å². The van der Waals surface area contributed by atoms with Gasteiger partial charge in [0.1, 0.15) is 0 Å². The van der Waals surface area contributed by atoms with Crippen molar-refractivity contribution in [2.45, 2.75) is 32.7 Å². The minimum Gasteiger partial charge on any atom is -0.325 e. The summed E-state index contributed by atoms with van der Waals surface area (Å²) in [5.41, 5.74) is 1.39. The third kappa shape index (κ3) is 2.94. The predicted molar refractivity (Wildman–Crippen MR) is 80.2 cm³/mol. The number of fused-ring (bicyclic) bond motifs is 1. The fourth-order valence-corrected chi connectivity index (χ4v) is 2.36. The normalized spacial score (nSPS) is 13.9. The summed E-state index contributed by atoms with van der Waals surface area (Å²) in [6.45, 7) is 6.24. The molecule has 0 saturated heterocycles. The zero-order chi connectivity index (χ0) is 14.9. The summed E-state index contributed by atoms with van der Waals surface area (Å²) < 4.78 is 0. The molecule has 0 saturated carbocycles. The summed E-state index contributed by atoms with van der Waals surface area (Å²) in [6.07, 6.45) is 0.311. The van der Waals surface area contributed by atoms with Gasteiger partial charge in [0.2, 0.25) is 11.8 Å². The molecule has 2 amide bonds. The Balaban J connectivity index is 2.21. The van der Waals surface area contributed by atoms with Crippen molar-refractivity contribution in [3.63, 3.8) is 0 Å². The molecule has 1 aliphatic heterocycles. The number of nitrogens with one attached hydrogen (secondary N) is 3. The molecule has 0 unspecified atom stereocenters. The highest BCUT2D eigenvalue weighted by Gasteiger charge is 2.27. The Hall–Kier alpha value is -1.59. The van der Waals surface area contributed by atoms with Crippen LogP contribution in [0.2, 0.25) is 5.02 Å². The number of halogens is 1. The van der Waals surface area contributed by atoms with Gasteiger partial charge >= 0.3 is 0 Å². The molecular weight excluding hydrogens is 278 g/mol. The molecule has 0 aromatic heterocycles. The summed E-state index contributed by atoms with van der Waals surface area (Å²) >= 11 is 6.14. The average molecular weight is 296 g/mol. The molecule has 2 rings (SSSR count). The Labute approximate surface area is 123 Å². The van der Waals surface area contributed by atoms with Crippen LogP contribution in [-0.4, -0.2) is 23.9 Å². The van der Waals surface area contributed by atoms with E-state index in [0.29, 0.717) is 29.4 Å². The standard InChI is InChI=1S/C14H18ClN3O2/c1-4-16-14(2,3)13(20)18-11-5-8-6-12(19)17-10(8)7-9(11)15/h5,7,16H,4,6H2,1-3H3,(H,17,19)(H,18,20). The van der Waals surface area contributed by atoms with E-state index in [9.17, 15) is 9.59 Å². The fraction of sp³-hybridized carbons (Fsp3) is 0.429. The monoisotopic (exact) mass is 295 g/mol. The van der Waals surface area contributed by atoms with Gasteiger partial charge in [0.15, 0.2) is 0 Å². The quantitative estimate of drug-likeness (QED) is 0.797. The second-order valence-electron chi connectivity index (χ2n) is 5.32. The van der Waals surface area contributed by atoms with Crippen molar-refractivity contribution < 1.29 is 9.59 Å². The Morgan fingerprint density at radius 2 is 2.15 bits per heavy atom. The van der Waals surface area contributed by atoms with E-state index >= 15 is 0 Å². The lowest BCUT2D eigenvalue weighted by atomic mass is 10.0. The minimum absolute atomic E-state index is 0.0625. The smallest absolute Gasteiger partial charge is 0.244 e. The molecule has 0 spiro atoms. The van der Waals surface area contributed by atoms with Crippen LogP contribution in [0.3, 0.4) is 0 Å². The molecule has 0 fully saturated rings. The van der Waals surface area contributed by atoms with Gasteiger partial charge in [0.05, 0.1) is 22.7 Å². The first-order chi connectivity index (χ1) is 9.33. The maximum absolute atomic E-state index is 12.2. The largest absolute Gasteiger partial charge is 0.325 e. The number of carbonyl (C=O) groups excluding carboxylic acids is 2. The fourth-order valence-electron chi connectivity index (χ4n) is 2.14. The van der Waals surface area contributed by atoms with Gasteiger partial charge in [-0.2, -0.15) is 0 Å². The average Bonchev–Trinajstić information content (AvgIpc) is 2.68. The molecule has 0 bridgehead atoms. The first kappa shape index (κ1) is 14.8. The van der Waals surface area contributed by atoms with Crippen molar-refractivity contribution in [3.8, 4) is 0 Å². The first-order valence-electron chi connectivity index (χ1n) is 6.52. The summed E-state index contributed by atoms with van der Waals surface area (Å²) in [5.74, 6) is -0.231. The number of rotatable bonds is 4. The highest BCUT2D eigenvalue weighted by Crippen LogP contribution is 2.33. The third-order valence-electron chi connectivity index (χ3n) is 3.25. The van der Waals surface area contributed by atoms with Gasteiger partial charge in [-0.15, -0.1) is 0 Å². The minimum atomic E-state index is -0.689. The summed E-state index contributed by atoms with van der Waals surface area (Å²) in [7, 11) is 0. The van der Waals surface area contributed by atoms with E-state index < -0.39 is 5.54 Å². The van der Waals surface area contributed by atoms with E-state index in [4.69, 9.17) is 11.6 Å². The predicted octanol–water partition coefficient (Wildman–Crippen LogP) is 2.16. The second kappa shape index (κ2) is 5.42. The van der Waals surface area contributed by atoms with Gasteiger partial charge in [-0.1, -0.05) is 18.5 Å². The van der Waals surface area contributed by atoms with E-state index in [1.807, 2.05) is 6.92 Å². The van der Waals surface area contributed by atoms with Gasteiger partial charge in [0.25, 0.3) is 0 Å². The molecule has 20 heavy (non-hydrogen) atoms. The van der Waals surface area contributed by atoms with Crippen molar-refractivity contribution in [3.05, 3.63) is 22.7 Å². The number of carbonyl (C=O) groups is 2. The number of hydrogen-bond acceptors (Lipinski definition) is 3. The summed E-state index contributed by atoms with van der Waals surface area (Å²) in [4.78, 5) is 23.6. The molecule has 1 aromatic carbocycles. The second-order valence-corrected chi connectivity index (χ2v) is 5.73. The third-order valence-corrected chi connectivity index (χ3v) is 3.57. The van der Waals surface area contributed by atoms with Crippen LogP contribution in [0, 0.1) is 0 Å². The molecular formula is C14H18ClN3O2. The summed E-state index contributed by atoms with van der Waals surface area (Å²) in [6, 6.07) is 3.41. The van der Waals surface area contributed by atoms with Crippen LogP contribution in [-0.2, 0) is 16.0 Å². The Morgan fingerprint density at radius 3 is 2.80 bits per heavy atom. The van der Waals surface area contributed by atoms with E-state index in [-0.39, 0.29) is 11.8 Å². The van der Waals surface area contributed by atoms with Crippen LogP contribution in [0.25, 0.3) is 0 Å². The molecule has 5 nitrogen and oxygen atoms in total. The van der Waals surface area contributed by atoms with Crippen molar-refractivity contribution in [1.82, 2.24) is 5.32 Å². The highest BCUT2D eigenvalue weighted by atomic mass is 35.5. The van der Waals surface area contributed by atoms with Gasteiger partial charge in [-0.25, -0.2) is 0 Å². The number of amides is 2. The SMILES string of the molecule is CCNC(C)(C)C(=O)Nc1cc2c(cc1Cl)NC(=O)C2. The van der Waals surface area contributed by atoms with Gasteiger partial charge in [-0.05, 0) is 38.1 Å². The molecule has 0 aliphatic carbocycles. The van der Waals surface area contributed by atoms with Crippen LogP contribution < -0.4 is 16.0 Å². The Morgan fingerprint density at radius 1 is 1.45 bits per heavy atom. The molecule has 1 aromatic rings. The van der Waals surface area contributed by atoms with Crippen LogP contribution >= 0.6 is 11.6 Å². The van der Waals surface area contributed by atoms with Crippen LogP contribution in [0.5, 0.6) is 0 Å².